The third kappa shape index (κ3) is 6.31. The quantitative estimate of drug-likeness (QED) is 0.453. The Kier molecular flexibility index (Phi) is 6.37. The normalized spacial score (nSPS) is 15.8. The first-order chi connectivity index (χ1) is 13.0. The van der Waals surface area contributed by atoms with E-state index in [-0.39, 0.29) is 12.4 Å². The van der Waals surface area contributed by atoms with Gasteiger partial charge in [-0.1, -0.05) is 54.8 Å². The zero-order valence-corrected chi connectivity index (χ0v) is 14.8. The molecule has 27 heavy (non-hydrogen) atoms. The number of ether oxygens (including phenoxy) is 1. The summed E-state index contributed by atoms with van der Waals surface area (Å²) in [7, 11) is 0. The Bertz CT molecular complexity index is 768. The summed E-state index contributed by atoms with van der Waals surface area (Å²) >= 11 is 0. The minimum Gasteiger partial charge on any atom is -0.406 e. The first kappa shape index (κ1) is 19.3. The second-order valence-electron chi connectivity index (χ2n) is 6.63. The average molecular weight is 376 g/mol. The molecule has 0 aromatic heterocycles. The summed E-state index contributed by atoms with van der Waals surface area (Å²) in [5.74, 6) is 0.314. The molecule has 1 aliphatic rings. The molecular weight excluding hydrogens is 355 g/mol. The topological polar surface area (TPSA) is 30.8 Å². The van der Waals surface area contributed by atoms with Crippen LogP contribution in [0.1, 0.15) is 54.7 Å². The lowest BCUT2D eigenvalue weighted by Gasteiger charge is -2.22. The van der Waals surface area contributed by atoms with Crippen LogP contribution in [0.4, 0.5) is 13.2 Å². The fourth-order valence-electron chi connectivity index (χ4n) is 3.32. The van der Waals surface area contributed by atoms with Gasteiger partial charge in [0.05, 0.1) is 0 Å². The highest BCUT2D eigenvalue weighted by Crippen LogP contribution is 2.32. The highest BCUT2D eigenvalue weighted by atomic mass is 19.4. The second-order valence-corrected chi connectivity index (χ2v) is 6.63. The number of nitrogens with zero attached hydrogens (tertiary/aromatic N) is 1. The number of rotatable bonds is 6. The van der Waals surface area contributed by atoms with Crippen molar-refractivity contribution in [3.63, 3.8) is 0 Å². The molecule has 1 radical (unpaired) electrons. The van der Waals surface area contributed by atoms with Crippen molar-refractivity contribution in [3.8, 4) is 5.75 Å². The van der Waals surface area contributed by atoms with Crippen molar-refractivity contribution in [2.24, 2.45) is 5.16 Å². The van der Waals surface area contributed by atoms with Crippen molar-refractivity contribution in [2.75, 3.05) is 0 Å². The number of hydrogen-bond acceptors (Lipinski definition) is 3. The van der Waals surface area contributed by atoms with Gasteiger partial charge >= 0.3 is 6.36 Å². The Hall–Kier alpha value is -2.50. The van der Waals surface area contributed by atoms with Gasteiger partial charge in [0.25, 0.3) is 0 Å². The van der Waals surface area contributed by atoms with Gasteiger partial charge in [0.1, 0.15) is 18.6 Å². The Balaban J connectivity index is 1.54. The molecule has 0 aliphatic heterocycles. The van der Waals surface area contributed by atoms with Crippen LogP contribution in [-0.2, 0) is 11.4 Å². The maximum Gasteiger partial charge on any atom is 0.573 e. The number of benzene rings is 2. The lowest BCUT2D eigenvalue weighted by Crippen LogP contribution is -2.17. The van der Waals surface area contributed by atoms with Gasteiger partial charge < -0.3 is 9.57 Å². The van der Waals surface area contributed by atoms with E-state index in [4.69, 9.17) is 4.84 Å². The van der Waals surface area contributed by atoms with E-state index in [1.165, 1.54) is 55.9 Å². The monoisotopic (exact) mass is 376 g/mol. The molecule has 3 rings (SSSR count). The van der Waals surface area contributed by atoms with E-state index in [0.29, 0.717) is 11.5 Å². The van der Waals surface area contributed by atoms with Crippen LogP contribution in [0.25, 0.3) is 0 Å². The Labute approximate surface area is 156 Å². The van der Waals surface area contributed by atoms with Crippen molar-refractivity contribution in [3.05, 3.63) is 65.2 Å². The van der Waals surface area contributed by atoms with Gasteiger partial charge in [-0.05, 0) is 48.1 Å². The van der Waals surface area contributed by atoms with Crippen LogP contribution >= 0.6 is 0 Å². The van der Waals surface area contributed by atoms with Gasteiger partial charge in [-0.3, -0.25) is 0 Å². The Morgan fingerprint density at radius 2 is 1.78 bits per heavy atom. The highest BCUT2D eigenvalue weighted by Gasteiger charge is 2.31. The Morgan fingerprint density at radius 1 is 1.00 bits per heavy atom. The molecule has 0 amide bonds. The SMILES string of the molecule is FC(F)(F)Oc1cccc(CON=[C]c2cccc(C3CCCCC3)c2)c1. The smallest absolute Gasteiger partial charge is 0.406 e. The molecule has 6 heteroatoms. The summed E-state index contributed by atoms with van der Waals surface area (Å²) in [5.41, 5.74) is 2.65. The predicted octanol–water partition coefficient (Wildman–Crippen LogP) is 6.06. The van der Waals surface area contributed by atoms with Gasteiger partial charge in [0.2, 0.25) is 0 Å². The van der Waals surface area contributed by atoms with Gasteiger partial charge in [-0.25, -0.2) is 0 Å². The first-order valence-corrected chi connectivity index (χ1v) is 9.02. The zero-order valence-electron chi connectivity index (χ0n) is 14.8. The maximum atomic E-state index is 12.3. The largest absolute Gasteiger partial charge is 0.573 e. The summed E-state index contributed by atoms with van der Waals surface area (Å²) in [6.45, 7) is 0.0321. The number of alkyl halides is 3. The number of hydrogen-bond donors (Lipinski definition) is 0. The highest BCUT2D eigenvalue weighted by molar-refractivity contribution is 5.79. The van der Waals surface area contributed by atoms with E-state index in [1.807, 2.05) is 12.1 Å². The predicted molar refractivity (Wildman–Crippen MR) is 96.7 cm³/mol. The van der Waals surface area contributed by atoms with E-state index in [2.05, 4.69) is 28.2 Å². The van der Waals surface area contributed by atoms with Crippen LogP contribution in [0.2, 0.25) is 0 Å². The zero-order chi connectivity index (χ0) is 19.1. The van der Waals surface area contributed by atoms with E-state index in [0.717, 1.165) is 5.56 Å². The fourth-order valence-corrected chi connectivity index (χ4v) is 3.32. The summed E-state index contributed by atoms with van der Waals surface area (Å²) in [6.07, 6.45) is 4.41. The molecule has 0 bridgehead atoms. The molecule has 0 N–H and O–H groups in total. The van der Waals surface area contributed by atoms with Crippen molar-refractivity contribution in [2.45, 2.75) is 51.0 Å². The minimum atomic E-state index is -4.71. The van der Waals surface area contributed by atoms with Crippen LogP contribution in [0.3, 0.4) is 0 Å². The summed E-state index contributed by atoms with van der Waals surface area (Å²) < 4.78 is 40.6. The maximum absolute atomic E-state index is 12.3. The van der Waals surface area contributed by atoms with Crippen LogP contribution in [0, 0.1) is 0 Å². The van der Waals surface area contributed by atoms with Gasteiger partial charge in [0, 0.05) is 5.56 Å². The third-order valence-electron chi connectivity index (χ3n) is 4.57. The van der Waals surface area contributed by atoms with Crippen molar-refractivity contribution in [1.29, 1.82) is 0 Å². The molecular formula is C21H21F3NO2. The molecule has 0 unspecified atom stereocenters. The molecule has 0 atom stereocenters. The minimum absolute atomic E-state index is 0.0321. The van der Waals surface area contributed by atoms with Crippen molar-refractivity contribution < 1.29 is 22.7 Å². The summed E-state index contributed by atoms with van der Waals surface area (Å²) in [6, 6.07) is 13.7. The van der Waals surface area contributed by atoms with Gasteiger partial charge in [-0.2, -0.15) is 0 Å². The van der Waals surface area contributed by atoms with E-state index < -0.39 is 6.36 Å². The average Bonchev–Trinajstić information content (AvgIpc) is 2.65. The van der Waals surface area contributed by atoms with Crippen molar-refractivity contribution in [1.82, 2.24) is 0 Å². The second kappa shape index (κ2) is 8.93. The molecule has 2 aromatic rings. The third-order valence-corrected chi connectivity index (χ3v) is 4.57. The van der Waals surface area contributed by atoms with Crippen LogP contribution in [-0.4, -0.2) is 12.6 Å². The summed E-state index contributed by atoms with van der Waals surface area (Å²) in [5, 5.41) is 3.81. The van der Waals surface area contributed by atoms with Crippen LogP contribution in [0.5, 0.6) is 5.75 Å². The molecule has 0 heterocycles. The fraction of sp³-hybridized carbons (Fsp3) is 0.381. The molecule has 1 fully saturated rings. The molecule has 143 valence electrons. The molecule has 1 aliphatic carbocycles. The van der Waals surface area contributed by atoms with E-state index in [1.54, 1.807) is 6.07 Å². The van der Waals surface area contributed by atoms with Crippen molar-refractivity contribution >= 4 is 6.21 Å². The molecule has 0 saturated heterocycles. The van der Waals surface area contributed by atoms with Gasteiger partial charge in [-0.15, -0.1) is 13.2 Å². The summed E-state index contributed by atoms with van der Waals surface area (Å²) in [4.78, 5) is 5.17. The number of halogens is 3. The van der Waals surface area contributed by atoms with Crippen LogP contribution in [0.15, 0.2) is 53.7 Å². The Morgan fingerprint density at radius 3 is 2.56 bits per heavy atom. The van der Waals surface area contributed by atoms with Gasteiger partial charge in [0.15, 0.2) is 0 Å². The first-order valence-electron chi connectivity index (χ1n) is 9.02. The molecule has 2 aromatic carbocycles. The molecule has 3 nitrogen and oxygen atoms in total. The lowest BCUT2D eigenvalue weighted by atomic mass is 9.84. The standard InChI is InChI=1S/C21H21F3NO2/c22-21(23,24)27-20-11-5-7-17(13-20)15-26-25-14-16-6-4-10-19(12-16)18-8-2-1-3-9-18/h4-7,10-13,18H,1-3,8-9,15H2. The molecule has 0 spiro atoms. The lowest BCUT2D eigenvalue weighted by molar-refractivity contribution is -0.274. The van der Waals surface area contributed by atoms with E-state index in [9.17, 15) is 13.2 Å². The molecule has 1 saturated carbocycles. The van der Waals surface area contributed by atoms with Crippen LogP contribution < -0.4 is 4.74 Å². The van der Waals surface area contributed by atoms with E-state index >= 15 is 0 Å².